The molecule has 3 rings (SSSR count). The Morgan fingerprint density at radius 3 is 2.76 bits per heavy atom. The summed E-state index contributed by atoms with van der Waals surface area (Å²) >= 11 is 0. The van der Waals surface area contributed by atoms with Crippen molar-refractivity contribution < 1.29 is 0 Å². The molecule has 1 saturated heterocycles. The highest BCUT2D eigenvalue weighted by molar-refractivity contribution is 5.63. The van der Waals surface area contributed by atoms with Gasteiger partial charge in [0.15, 0.2) is 5.82 Å². The first-order chi connectivity index (χ1) is 10.0. The number of aromatic nitrogens is 4. The average Bonchev–Trinajstić information content (AvgIpc) is 2.93. The Morgan fingerprint density at radius 2 is 2.05 bits per heavy atom. The minimum atomic E-state index is 0.200. The summed E-state index contributed by atoms with van der Waals surface area (Å²) in [5, 5.41) is 11.8. The minimum absolute atomic E-state index is 0.200. The van der Waals surface area contributed by atoms with Crippen LogP contribution in [0.25, 0.3) is 5.65 Å². The Bertz CT molecular complexity index is 591. The van der Waals surface area contributed by atoms with Crippen molar-refractivity contribution in [2.75, 3.05) is 24.5 Å². The molecule has 1 fully saturated rings. The normalized spacial score (nSPS) is 17.6. The number of fused-ring (bicyclic) bond motifs is 1. The second kappa shape index (κ2) is 5.60. The second-order valence-corrected chi connectivity index (χ2v) is 6.87. The van der Waals surface area contributed by atoms with Crippen LogP contribution in [-0.4, -0.2) is 44.8 Å². The zero-order valence-electron chi connectivity index (χ0n) is 13.1. The number of anilines is 1. The van der Waals surface area contributed by atoms with Crippen molar-refractivity contribution in [1.82, 2.24) is 24.9 Å². The quantitative estimate of drug-likeness (QED) is 0.932. The van der Waals surface area contributed by atoms with Crippen LogP contribution in [0.2, 0.25) is 0 Å². The zero-order chi connectivity index (χ0) is 14.9. The molecule has 2 aromatic rings. The van der Waals surface area contributed by atoms with Crippen LogP contribution in [0.15, 0.2) is 18.7 Å². The van der Waals surface area contributed by atoms with Crippen LogP contribution in [-0.2, 0) is 0 Å². The maximum atomic E-state index is 4.50. The van der Waals surface area contributed by atoms with Gasteiger partial charge in [-0.05, 0) is 46.1 Å². The van der Waals surface area contributed by atoms with Gasteiger partial charge in [-0.15, -0.1) is 10.2 Å². The van der Waals surface area contributed by atoms with Crippen molar-refractivity contribution in [3.63, 3.8) is 0 Å². The van der Waals surface area contributed by atoms with Crippen molar-refractivity contribution in [2.45, 2.75) is 39.2 Å². The monoisotopic (exact) mass is 288 g/mol. The van der Waals surface area contributed by atoms with E-state index in [0.717, 1.165) is 37.0 Å². The summed E-state index contributed by atoms with van der Waals surface area (Å²) < 4.78 is 1.93. The number of piperidine rings is 1. The molecule has 0 unspecified atom stereocenters. The van der Waals surface area contributed by atoms with Gasteiger partial charge in [0.05, 0.1) is 0 Å². The molecule has 0 aliphatic carbocycles. The lowest BCUT2D eigenvalue weighted by Gasteiger charge is -2.34. The van der Waals surface area contributed by atoms with Crippen LogP contribution in [0.4, 0.5) is 5.82 Å². The number of rotatable bonds is 3. The molecule has 114 valence electrons. The molecule has 0 aromatic carbocycles. The highest BCUT2D eigenvalue weighted by Gasteiger charge is 2.23. The molecule has 0 saturated carbocycles. The Labute approximate surface area is 125 Å². The SMILES string of the molecule is CC(C)(C)NCC1CCN(c2nccn3cnnc23)CC1. The van der Waals surface area contributed by atoms with E-state index in [9.17, 15) is 0 Å². The van der Waals surface area contributed by atoms with E-state index in [1.54, 1.807) is 6.33 Å². The first-order valence-corrected chi connectivity index (χ1v) is 7.67. The maximum absolute atomic E-state index is 4.50. The summed E-state index contributed by atoms with van der Waals surface area (Å²) in [6.07, 6.45) is 7.82. The summed E-state index contributed by atoms with van der Waals surface area (Å²) in [7, 11) is 0. The van der Waals surface area contributed by atoms with Gasteiger partial charge < -0.3 is 10.2 Å². The smallest absolute Gasteiger partial charge is 0.203 e. The molecule has 0 spiro atoms. The molecule has 21 heavy (non-hydrogen) atoms. The molecule has 0 atom stereocenters. The highest BCUT2D eigenvalue weighted by atomic mass is 15.3. The van der Waals surface area contributed by atoms with Crippen LogP contribution < -0.4 is 10.2 Å². The molecule has 1 aliphatic rings. The lowest BCUT2D eigenvalue weighted by Crippen LogP contribution is -2.43. The Morgan fingerprint density at radius 1 is 1.29 bits per heavy atom. The van der Waals surface area contributed by atoms with Gasteiger partial charge in [-0.1, -0.05) is 0 Å². The summed E-state index contributed by atoms with van der Waals surface area (Å²) in [4.78, 5) is 6.83. The number of hydrogen-bond acceptors (Lipinski definition) is 5. The lowest BCUT2D eigenvalue weighted by atomic mass is 9.95. The average molecular weight is 288 g/mol. The fourth-order valence-electron chi connectivity index (χ4n) is 2.77. The van der Waals surface area contributed by atoms with Crippen molar-refractivity contribution in [1.29, 1.82) is 0 Å². The van der Waals surface area contributed by atoms with Gasteiger partial charge in [0.25, 0.3) is 0 Å². The third-order valence-corrected chi connectivity index (χ3v) is 4.03. The number of nitrogens with one attached hydrogen (secondary N) is 1. The summed E-state index contributed by atoms with van der Waals surface area (Å²) in [6.45, 7) is 9.83. The Balaban J connectivity index is 1.62. The van der Waals surface area contributed by atoms with Crippen molar-refractivity contribution in [3.8, 4) is 0 Å². The molecular weight excluding hydrogens is 264 g/mol. The fourth-order valence-corrected chi connectivity index (χ4v) is 2.77. The van der Waals surface area contributed by atoms with Crippen molar-refractivity contribution in [2.24, 2.45) is 5.92 Å². The van der Waals surface area contributed by atoms with Crippen molar-refractivity contribution in [3.05, 3.63) is 18.7 Å². The zero-order valence-corrected chi connectivity index (χ0v) is 13.1. The lowest BCUT2D eigenvalue weighted by molar-refractivity contribution is 0.328. The molecule has 2 aromatic heterocycles. The van der Waals surface area contributed by atoms with E-state index < -0.39 is 0 Å². The van der Waals surface area contributed by atoms with E-state index in [2.05, 4.69) is 46.2 Å². The summed E-state index contributed by atoms with van der Waals surface area (Å²) in [5.41, 5.74) is 1.05. The second-order valence-electron chi connectivity index (χ2n) is 6.87. The third-order valence-electron chi connectivity index (χ3n) is 4.03. The number of hydrogen-bond donors (Lipinski definition) is 1. The van der Waals surface area contributed by atoms with Crippen LogP contribution >= 0.6 is 0 Å². The predicted octanol–water partition coefficient (Wildman–Crippen LogP) is 1.73. The highest BCUT2D eigenvalue weighted by Crippen LogP contribution is 2.24. The molecule has 3 heterocycles. The van der Waals surface area contributed by atoms with Gasteiger partial charge in [0.2, 0.25) is 5.65 Å². The predicted molar refractivity (Wildman–Crippen MR) is 83.5 cm³/mol. The molecular formula is C15H24N6. The van der Waals surface area contributed by atoms with E-state index in [1.165, 1.54) is 12.8 Å². The van der Waals surface area contributed by atoms with Gasteiger partial charge in [0.1, 0.15) is 6.33 Å². The van der Waals surface area contributed by atoms with E-state index in [1.807, 2.05) is 16.8 Å². The van der Waals surface area contributed by atoms with Gasteiger partial charge in [-0.3, -0.25) is 4.40 Å². The van der Waals surface area contributed by atoms with Crippen LogP contribution in [0.1, 0.15) is 33.6 Å². The topological polar surface area (TPSA) is 58.4 Å². The van der Waals surface area contributed by atoms with E-state index in [0.29, 0.717) is 0 Å². The third kappa shape index (κ3) is 3.32. The van der Waals surface area contributed by atoms with Crippen LogP contribution in [0.5, 0.6) is 0 Å². The minimum Gasteiger partial charge on any atom is -0.353 e. The molecule has 0 radical (unpaired) electrons. The summed E-state index contributed by atoms with van der Waals surface area (Å²) in [6, 6.07) is 0. The summed E-state index contributed by atoms with van der Waals surface area (Å²) in [5.74, 6) is 1.70. The Hall–Kier alpha value is -1.69. The van der Waals surface area contributed by atoms with Crippen molar-refractivity contribution >= 4 is 11.5 Å². The van der Waals surface area contributed by atoms with E-state index in [4.69, 9.17) is 0 Å². The first-order valence-electron chi connectivity index (χ1n) is 7.67. The standard InChI is InChI=1S/C15H24N6/c1-15(2,3)17-10-12-4-7-20(8-5-12)13-14-19-18-11-21(14)9-6-16-13/h6,9,11-12,17H,4-5,7-8,10H2,1-3H3. The molecule has 0 amide bonds. The first kappa shape index (κ1) is 14.3. The van der Waals surface area contributed by atoms with Gasteiger partial charge >= 0.3 is 0 Å². The largest absolute Gasteiger partial charge is 0.353 e. The molecule has 0 bridgehead atoms. The molecule has 6 heteroatoms. The van der Waals surface area contributed by atoms with E-state index >= 15 is 0 Å². The Kier molecular flexibility index (Phi) is 3.80. The fraction of sp³-hybridized carbons (Fsp3) is 0.667. The van der Waals surface area contributed by atoms with Gasteiger partial charge in [-0.25, -0.2) is 4.98 Å². The van der Waals surface area contributed by atoms with Gasteiger partial charge in [0, 0.05) is 31.0 Å². The molecule has 1 N–H and O–H groups in total. The van der Waals surface area contributed by atoms with Crippen LogP contribution in [0.3, 0.4) is 0 Å². The molecule has 6 nitrogen and oxygen atoms in total. The maximum Gasteiger partial charge on any atom is 0.203 e. The number of nitrogens with zero attached hydrogens (tertiary/aromatic N) is 5. The molecule has 1 aliphatic heterocycles. The van der Waals surface area contributed by atoms with Gasteiger partial charge in [-0.2, -0.15) is 0 Å². The van der Waals surface area contributed by atoms with E-state index in [-0.39, 0.29) is 5.54 Å². The van der Waals surface area contributed by atoms with Crippen LogP contribution in [0, 0.1) is 5.92 Å².